The number of methoxy groups -OCH3 is 1. The number of imide groups is 1. The van der Waals surface area contributed by atoms with E-state index in [1.54, 1.807) is 11.3 Å². The number of amides is 4. The number of carbonyl (C=O) groups is 4. The Kier molecular flexibility index (Phi) is 11.5. The summed E-state index contributed by atoms with van der Waals surface area (Å²) >= 11 is 1.62. The molecule has 0 radical (unpaired) electrons. The third-order valence-corrected chi connectivity index (χ3v) is 13.5. The molecular weight excluding hydrogens is 777 g/mol. The van der Waals surface area contributed by atoms with E-state index in [1.165, 1.54) is 30.2 Å². The SMILES string of the molecule is C=C1c2cccc(NCCC3CCN(CC4CCC(c5nc6cc(OC)c(NC(=O)c7cccc(C(C)(F)F)n7)cc6s5)CC4)CC3)c2C(=O)N1C1CCC(=O)NC1=O. The van der Waals surface area contributed by atoms with Gasteiger partial charge in [0, 0.05) is 55.4 Å². The standard InChI is InChI=1S/C44H49F2N7O5S/c1-25-29-6-4-7-30(39(29)43(57)53(25)34-14-15-38(54)51-41(34)56)47-19-16-26-17-20-52(21-18-26)24-27-10-12-28(13-11-27)42-50-33-22-35(58-3)32(23-36(33)59-42)49-40(55)31-8-5-9-37(48-31)44(2,45)46/h4-9,22-23,26-28,34,47H,1,10-21,24H2,2-3H3,(H,49,55)(H,51,54,56). The molecule has 0 spiro atoms. The summed E-state index contributed by atoms with van der Waals surface area (Å²) in [5.74, 6) is -2.74. The quantitative estimate of drug-likeness (QED) is 0.122. The van der Waals surface area contributed by atoms with Gasteiger partial charge in [-0.1, -0.05) is 24.8 Å². The first-order valence-corrected chi connectivity index (χ1v) is 21.3. The van der Waals surface area contributed by atoms with Gasteiger partial charge in [-0.3, -0.25) is 29.4 Å². The molecule has 2 aromatic heterocycles. The van der Waals surface area contributed by atoms with Gasteiger partial charge in [0.25, 0.3) is 17.7 Å². The number of fused-ring (bicyclic) bond motifs is 2. The van der Waals surface area contributed by atoms with E-state index in [1.807, 2.05) is 30.3 Å². The van der Waals surface area contributed by atoms with Crippen LogP contribution in [0.25, 0.3) is 15.9 Å². The Morgan fingerprint density at radius 2 is 1.75 bits per heavy atom. The average molecular weight is 826 g/mol. The minimum atomic E-state index is -3.16. The van der Waals surface area contributed by atoms with Crippen molar-refractivity contribution in [2.24, 2.45) is 11.8 Å². The van der Waals surface area contributed by atoms with Crippen LogP contribution in [0, 0.1) is 11.8 Å². The molecule has 4 aromatic rings. The maximum absolute atomic E-state index is 13.8. The normalized spacial score (nSPS) is 21.8. The maximum Gasteiger partial charge on any atom is 0.287 e. The van der Waals surface area contributed by atoms with E-state index in [9.17, 15) is 28.0 Å². The molecule has 1 aliphatic carbocycles. The smallest absolute Gasteiger partial charge is 0.287 e. The molecular formula is C44H49F2N7O5S. The van der Waals surface area contributed by atoms with Gasteiger partial charge in [0.15, 0.2) is 0 Å². The number of benzene rings is 2. The minimum absolute atomic E-state index is 0.105. The predicted molar refractivity (Wildman–Crippen MR) is 223 cm³/mol. The number of hydrogen-bond donors (Lipinski definition) is 3. The Morgan fingerprint density at radius 3 is 2.47 bits per heavy atom. The number of anilines is 2. The third kappa shape index (κ3) is 8.58. The van der Waals surface area contributed by atoms with Crippen molar-refractivity contribution in [2.75, 3.05) is 43.9 Å². The van der Waals surface area contributed by atoms with E-state index in [0.29, 0.717) is 40.5 Å². The van der Waals surface area contributed by atoms with E-state index >= 15 is 0 Å². The predicted octanol–water partition coefficient (Wildman–Crippen LogP) is 7.78. The molecule has 5 heterocycles. The Bertz CT molecular complexity index is 2290. The number of nitrogens with zero attached hydrogens (tertiary/aromatic N) is 4. The molecule has 1 unspecified atom stereocenters. The van der Waals surface area contributed by atoms with Crippen LogP contribution in [0.3, 0.4) is 0 Å². The molecule has 3 aliphatic heterocycles. The van der Waals surface area contributed by atoms with E-state index in [4.69, 9.17) is 9.72 Å². The fourth-order valence-electron chi connectivity index (χ4n) is 9.03. The van der Waals surface area contributed by atoms with Gasteiger partial charge in [-0.2, -0.15) is 8.78 Å². The number of thiazole rings is 1. The number of halogens is 2. The molecule has 8 rings (SSSR count). The van der Waals surface area contributed by atoms with Gasteiger partial charge >= 0.3 is 0 Å². The van der Waals surface area contributed by atoms with Gasteiger partial charge in [-0.25, -0.2) is 9.97 Å². The number of piperidine rings is 2. The van der Waals surface area contributed by atoms with Crippen LogP contribution in [-0.2, 0) is 15.5 Å². The largest absolute Gasteiger partial charge is 0.494 e. The van der Waals surface area contributed by atoms with E-state index in [-0.39, 0.29) is 30.3 Å². The molecule has 4 aliphatic rings. The van der Waals surface area contributed by atoms with Crippen LogP contribution in [0.4, 0.5) is 20.2 Å². The summed E-state index contributed by atoms with van der Waals surface area (Å²) in [7, 11) is 1.52. The fraction of sp³-hybridized carbons (Fsp3) is 0.455. The number of hydrogen-bond acceptors (Lipinski definition) is 10. The average Bonchev–Trinajstić information content (AvgIpc) is 3.75. The van der Waals surface area contributed by atoms with Crippen molar-refractivity contribution in [3.63, 3.8) is 0 Å². The van der Waals surface area contributed by atoms with Crippen LogP contribution in [0.1, 0.15) is 108 Å². The number of likely N-dealkylation sites (tertiary alicyclic amines) is 1. The molecule has 15 heteroatoms. The zero-order valence-corrected chi connectivity index (χ0v) is 34.1. The van der Waals surface area contributed by atoms with Crippen molar-refractivity contribution < 1.29 is 32.7 Å². The first kappa shape index (κ1) is 40.5. The van der Waals surface area contributed by atoms with Gasteiger partial charge in [0.2, 0.25) is 11.8 Å². The minimum Gasteiger partial charge on any atom is -0.494 e. The zero-order chi connectivity index (χ0) is 41.4. The Labute approximate surface area is 345 Å². The monoisotopic (exact) mass is 825 g/mol. The summed E-state index contributed by atoms with van der Waals surface area (Å²) in [5, 5.41) is 9.74. The number of nitrogens with one attached hydrogen (secondary N) is 3. The van der Waals surface area contributed by atoms with Crippen LogP contribution >= 0.6 is 11.3 Å². The molecule has 59 heavy (non-hydrogen) atoms. The second kappa shape index (κ2) is 16.8. The van der Waals surface area contributed by atoms with Gasteiger partial charge in [0.1, 0.15) is 23.2 Å². The van der Waals surface area contributed by atoms with Crippen molar-refractivity contribution >= 4 is 62.3 Å². The first-order valence-electron chi connectivity index (χ1n) is 20.5. The Hall–Kier alpha value is -5.28. The number of pyridine rings is 1. The Balaban J connectivity index is 0.793. The van der Waals surface area contributed by atoms with E-state index < -0.39 is 29.5 Å². The van der Waals surface area contributed by atoms with Crippen LogP contribution in [-0.4, -0.2) is 82.7 Å². The second-order valence-electron chi connectivity index (χ2n) is 16.3. The van der Waals surface area contributed by atoms with Crippen LogP contribution in [0.5, 0.6) is 5.75 Å². The van der Waals surface area contributed by atoms with E-state index in [0.717, 1.165) is 105 Å². The van der Waals surface area contributed by atoms with Crippen molar-refractivity contribution in [3.8, 4) is 5.75 Å². The third-order valence-electron chi connectivity index (χ3n) is 12.3. The number of rotatable bonds is 12. The summed E-state index contributed by atoms with van der Waals surface area (Å²) in [6.45, 7) is 8.89. The van der Waals surface area contributed by atoms with Crippen molar-refractivity contribution in [2.45, 2.75) is 82.6 Å². The molecule has 1 atom stereocenters. The number of carbonyl (C=O) groups excluding carboxylic acids is 4. The van der Waals surface area contributed by atoms with Gasteiger partial charge in [-0.15, -0.1) is 11.3 Å². The lowest BCUT2D eigenvalue weighted by Crippen LogP contribution is -2.52. The molecule has 0 bridgehead atoms. The second-order valence-corrected chi connectivity index (χ2v) is 17.4. The summed E-state index contributed by atoms with van der Waals surface area (Å²) in [6.07, 6.45) is 8.18. The lowest BCUT2D eigenvalue weighted by Gasteiger charge is -2.36. The van der Waals surface area contributed by atoms with E-state index in [2.05, 4.69) is 32.4 Å². The molecule has 310 valence electrons. The molecule has 2 saturated heterocycles. The topological polar surface area (TPSA) is 146 Å². The molecule has 12 nitrogen and oxygen atoms in total. The van der Waals surface area contributed by atoms with Crippen molar-refractivity contribution in [3.05, 3.63) is 82.6 Å². The van der Waals surface area contributed by atoms with Crippen LogP contribution in [0.15, 0.2) is 55.1 Å². The summed E-state index contributed by atoms with van der Waals surface area (Å²) < 4.78 is 34.2. The highest BCUT2D eigenvalue weighted by Crippen LogP contribution is 2.42. The summed E-state index contributed by atoms with van der Waals surface area (Å²) in [5.41, 5.74) is 3.16. The van der Waals surface area contributed by atoms with Gasteiger partial charge in [0.05, 0.1) is 33.6 Å². The molecule has 1 saturated carbocycles. The first-order chi connectivity index (χ1) is 28.4. The van der Waals surface area contributed by atoms with Crippen molar-refractivity contribution in [1.82, 2.24) is 25.1 Å². The van der Waals surface area contributed by atoms with Gasteiger partial charge in [-0.05, 0) is 101 Å². The van der Waals surface area contributed by atoms with Crippen LogP contribution < -0.4 is 20.7 Å². The zero-order valence-electron chi connectivity index (χ0n) is 33.3. The lowest BCUT2D eigenvalue weighted by atomic mass is 9.81. The molecule has 4 amide bonds. The number of ether oxygens (including phenoxy) is 1. The molecule has 2 aromatic carbocycles. The fourth-order valence-corrected chi connectivity index (χ4v) is 10.2. The highest BCUT2D eigenvalue weighted by atomic mass is 32.1. The van der Waals surface area contributed by atoms with Crippen molar-refractivity contribution in [1.29, 1.82) is 0 Å². The molecule has 3 fully saturated rings. The molecule has 3 N–H and O–H groups in total. The maximum atomic E-state index is 13.8. The highest BCUT2D eigenvalue weighted by molar-refractivity contribution is 7.18. The Morgan fingerprint density at radius 1 is 0.983 bits per heavy atom. The highest BCUT2D eigenvalue weighted by Gasteiger charge is 2.42. The van der Waals surface area contributed by atoms with Gasteiger partial charge < -0.3 is 20.3 Å². The number of aromatic nitrogens is 2. The summed E-state index contributed by atoms with van der Waals surface area (Å²) in [4.78, 5) is 63.8. The van der Waals surface area contributed by atoms with Crippen LogP contribution in [0.2, 0.25) is 0 Å². The lowest BCUT2D eigenvalue weighted by molar-refractivity contribution is -0.136. The number of alkyl halides is 2. The summed E-state index contributed by atoms with van der Waals surface area (Å²) in [6, 6.07) is 12.6.